The molecule has 0 N–H and O–H groups in total. The highest BCUT2D eigenvalue weighted by Gasteiger charge is 2.31. The Morgan fingerprint density at radius 3 is 2.46 bits per heavy atom. The summed E-state index contributed by atoms with van der Waals surface area (Å²) in [7, 11) is 0. The van der Waals surface area contributed by atoms with E-state index in [4.69, 9.17) is 0 Å². The van der Waals surface area contributed by atoms with Crippen molar-refractivity contribution in [2.24, 2.45) is 0 Å². The Morgan fingerprint density at radius 1 is 0.917 bits per heavy atom. The van der Waals surface area contributed by atoms with Gasteiger partial charge in [0.25, 0.3) is 5.91 Å². The predicted molar refractivity (Wildman–Crippen MR) is 96.1 cm³/mol. The zero-order chi connectivity index (χ0) is 16.4. The normalized spacial score (nSPS) is 25.7. The van der Waals surface area contributed by atoms with E-state index >= 15 is 0 Å². The maximum atomic E-state index is 12.8. The van der Waals surface area contributed by atoms with Gasteiger partial charge >= 0.3 is 0 Å². The molecule has 0 spiro atoms. The maximum absolute atomic E-state index is 12.8. The highest BCUT2D eigenvalue weighted by Crippen LogP contribution is 2.22. The molecule has 1 amide bonds. The van der Waals surface area contributed by atoms with Crippen LogP contribution >= 0.6 is 0 Å². The summed E-state index contributed by atoms with van der Waals surface area (Å²) < 4.78 is 0. The molecule has 0 aromatic heterocycles. The molecule has 1 aromatic rings. The van der Waals surface area contributed by atoms with E-state index in [0.717, 1.165) is 31.7 Å². The van der Waals surface area contributed by atoms with Crippen molar-refractivity contribution in [3.8, 4) is 0 Å². The second-order valence-corrected chi connectivity index (χ2v) is 7.62. The fourth-order valence-corrected chi connectivity index (χ4v) is 4.47. The Bertz CT molecular complexity index is 565. The van der Waals surface area contributed by atoms with E-state index in [2.05, 4.69) is 26.8 Å². The number of hydrogen-bond acceptors (Lipinski definition) is 3. The summed E-state index contributed by atoms with van der Waals surface area (Å²) >= 11 is 0. The topological polar surface area (TPSA) is 26.8 Å². The molecule has 0 bridgehead atoms. The fraction of sp³-hybridized carbons (Fsp3) is 0.650. The number of piperidine rings is 1. The molecular formula is C20H29N3O. The van der Waals surface area contributed by atoms with Crippen LogP contribution in [0, 0.1) is 0 Å². The van der Waals surface area contributed by atoms with Crippen LogP contribution in [0.1, 0.15) is 48.0 Å². The molecule has 130 valence electrons. The van der Waals surface area contributed by atoms with E-state index in [1.54, 1.807) is 0 Å². The molecule has 3 saturated heterocycles. The van der Waals surface area contributed by atoms with Crippen LogP contribution in [0.15, 0.2) is 24.3 Å². The molecule has 3 aliphatic heterocycles. The molecular weight excluding hydrogens is 298 g/mol. The average Bonchev–Trinajstić information content (AvgIpc) is 3.14. The monoisotopic (exact) mass is 327 g/mol. The van der Waals surface area contributed by atoms with E-state index in [9.17, 15) is 4.79 Å². The van der Waals surface area contributed by atoms with Crippen molar-refractivity contribution < 1.29 is 4.79 Å². The highest BCUT2D eigenvalue weighted by molar-refractivity contribution is 5.94. The number of carbonyl (C=O) groups is 1. The van der Waals surface area contributed by atoms with Crippen molar-refractivity contribution in [2.75, 3.05) is 39.3 Å². The average molecular weight is 327 g/mol. The third kappa shape index (κ3) is 3.50. The summed E-state index contributed by atoms with van der Waals surface area (Å²) in [4.78, 5) is 20.0. The third-order valence-electron chi connectivity index (χ3n) is 5.93. The van der Waals surface area contributed by atoms with Gasteiger partial charge in [-0.3, -0.25) is 14.6 Å². The minimum absolute atomic E-state index is 0.216. The summed E-state index contributed by atoms with van der Waals surface area (Å²) in [6.07, 6.45) is 6.53. The lowest BCUT2D eigenvalue weighted by Gasteiger charge is -2.44. The van der Waals surface area contributed by atoms with Crippen LogP contribution in [0.4, 0.5) is 0 Å². The molecule has 24 heavy (non-hydrogen) atoms. The summed E-state index contributed by atoms with van der Waals surface area (Å²) in [6, 6.07) is 8.93. The molecule has 1 aromatic carbocycles. The van der Waals surface area contributed by atoms with Gasteiger partial charge in [0, 0.05) is 37.8 Å². The van der Waals surface area contributed by atoms with Crippen molar-refractivity contribution in [1.29, 1.82) is 0 Å². The summed E-state index contributed by atoms with van der Waals surface area (Å²) in [5.74, 6) is 0.216. The SMILES string of the molecule is O=C(c1ccc(CN2CCCC2)cc1)N1CCN2CCCC[C@@H]2C1. The smallest absolute Gasteiger partial charge is 0.253 e. The van der Waals surface area contributed by atoms with Crippen LogP contribution in [-0.2, 0) is 6.54 Å². The van der Waals surface area contributed by atoms with Gasteiger partial charge in [-0.05, 0) is 63.0 Å². The van der Waals surface area contributed by atoms with Crippen molar-refractivity contribution in [2.45, 2.75) is 44.7 Å². The molecule has 1 atom stereocenters. The van der Waals surface area contributed by atoms with Gasteiger partial charge in [-0.1, -0.05) is 18.6 Å². The first-order valence-electron chi connectivity index (χ1n) is 9.64. The fourth-order valence-electron chi connectivity index (χ4n) is 4.47. The number of benzene rings is 1. The van der Waals surface area contributed by atoms with Gasteiger partial charge in [0.15, 0.2) is 0 Å². The van der Waals surface area contributed by atoms with E-state index in [1.807, 2.05) is 12.1 Å². The highest BCUT2D eigenvalue weighted by atomic mass is 16.2. The van der Waals surface area contributed by atoms with E-state index in [-0.39, 0.29) is 5.91 Å². The molecule has 4 nitrogen and oxygen atoms in total. The molecule has 3 aliphatic rings. The van der Waals surface area contributed by atoms with Gasteiger partial charge in [-0.15, -0.1) is 0 Å². The molecule has 0 aliphatic carbocycles. The predicted octanol–water partition coefficient (Wildman–Crippen LogP) is 2.59. The number of piperazine rings is 1. The molecule has 3 heterocycles. The number of carbonyl (C=O) groups excluding carboxylic acids is 1. The molecule has 3 fully saturated rings. The Morgan fingerprint density at radius 2 is 1.67 bits per heavy atom. The zero-order valence-electron chi connectivity index (χ0n) is 14.6. The van der Waals surface area contributed by atoms with Crippen LogP contribution < -0.4 is 0 Å². The lowest BCUT2D eigenvalue weighted by atomic mass is 9.99. The molecule has 0 radical (unpaired) electrons. The standard InChI is InChI=1S/C20H29N3O/c24-20(23-14-13-22-12-2-1-5-19(22)16-23)18-8-6-17(7-9-18)15-21-10-3-4-11-21/h6-9,19H,1-5,10-16H2/t19-/m1/s1. The van der Waals surface area contributed by atoms with Crippen molar-refractivity contribution in [3.05, 3.63) is 35.4 Å². The van der Waals surface area contributed by atoms with Gasteiger partial charge < -0.3 is 4.90 Å². The van der Waals surface area contributed by atoms with E-state index in [0.29, 0.717) is 6.04 Å². The number of fused-ring (bicyclic) bond motifs is 1. The molecule has 0 saturated carbocycles. The Labute approximate surface area is 145 Å². The number of rotatable bonds is 3. The Balaban J connectivity index is 1.37. The van der Waals surface area contributed by atoms with Crippen LogP contribution in [0.2, 0.25) is 0 Å². The van der Waals surface area contributed by atoms with Crippen molar-refractivity contribution >= 4 is 5.91 Å². The Hall–Kier alpha value is -1.39. The summed E-state index contributed by atoms with van der Waals surface area (Å²) in [5, 5.41) is 0. The number of likely N-dealkylation sites (tertiary alicyclic amines) is 1. The van der Waals surface area contributed by atoms with Gasteiger partial charge in [-0.2, -0.15) is 0 Å². The lowest BCUT2D eigenvalue weighted by molar-refractivity contribution is 0.0372. The first-order chi connectivity index (χ1) is 11.8. The summed E-state index contributed by atoms with van der Waals surface area (Å²) in [6.45, 7) is 7.51. The minimum atomic E-state index is 0.216. The summed E-state index contributed by atoms with van der Waals surface area (Å²) in [5.41, 5.74) is 2.18. The van der Waals surface area contributed by atoms with Gasteiger partial charge in [0.2, 0.25) is 0 Å². The first kappa shape index (κ1) is 16.1. The Kier molecular flexibility index (Phi) is 4.86. The second kappa shape index (κ2) is 7.24. The van der Waals surface area contributed by atoms with Crippen LogP contribution in [0.3, 0.4) is 0 Å². The van der Waals surface area contributed by atoms with Gasteiger partial charge in [0.1, 0.15) is 0 Å². The van der Waals surface area contributed by atoms with E-state index in [1.165, 1.54) is 57.3 Å². The van der Waals surface area contributed by atoms with Crippen molar-refractivity contribution in [3.63, 3.8) is 0 Å². The third-order valence-corrected chi connectivity index (χ3v) is 5.93. The molecule has 4 rings (SSSR count). The van der Waals surface area contributed by atoms with E-state index < -0.39 is 0 Å². The molecule has 0 unspecified atom stereocenters. The number of hydrogen-bond donors (Lipinski definition) is 0. The first-order valence-corrected chi connectivity index (χ1v) is 9.64. The zero-order valence-corrected chi connectivity index (χ0v) is 14.6. The van der Waals surface area contributed by atoms with Crippen LogP contribution in [0.25, 0.3) is 0 Å². The second-order valence-electron chi connectivity index (χ2n) is 7.62. The van der Waals surface area contributed by atoms with Gasteiger partial charge in [0.05, 0.1) is 0 Å². The van der Waals surface area contributed by atoms with Crippen LogP contribution in [0.5, 0.6) is 0 Å². The van der Waals surface area contributed by atoms with Crippen molar-refractivity contribution in [1.82, 2.24) is 14.7 Å². The largest absolute Gasteiger partial charge is 0.336 e. The quantitative estimate of drug-likeness (QED) is 0.854. The molecule has 4 heteroatoms. The maximum Gasteiger partial charge on any atom is 0.253 e. The lowest BCUT2D eigenvalue weighted by Crippen LogP contribution is -2.56. The van der Waals surface area contributed by atoms with Gasteiger partial charge in [-0.25, -0.2) is 0 Å². The number of amides is 1. The van der Waals surface area contributed by atoms with Crippen LogP contribution in [-0.4, -0.2) is 65.9 Å². The minimum Gasteiger partial charge on any atom is -0.336 e. The number of nitrogens with zero attached hydrogens (tertiary/aromatic N) is 3.